The van der Waals surface area contributed by atoms with Crippen molar-refractivity contribution in [3.05, 3.63) is 35.0 Å². The number of aromatic nitrogens is 1. The smallest absolute Gasteiger partial charge is 0.270 e. The number of aliphatic hydroxyl groups excluding tert-OH is 2. The zero-order chi connectivity index (χ0) is 16.5. The molecule has 2 aromatic rings. The normalized spacial score (nSPS) is 11.9. The molecule has 0 saturated heterocycles. The zero-order valence-electron chi connectivity index (χ0n) is 13.6. The van der Waals surface area contributed by atoms with Gasteiger partial charge in [0.05, 0.1) is 13.2 Å². The quantitative estimate of drug-likeness (QED) is 0.789. The molecule has 0 atom stereocenters. The molecule has 0 aliphatic carbocycles. The van der Waals surface area contributed by atoms with E-state index in [0.29, 0.717) is 5.69 Å². The van der Waals surface area contributed by atoms with Gasteiger partial charge in [-0.25, -0.2) is 0 Å². The number of rotatable bonds is 5. The van der Waals surface area contributed by atoms with Crippen LogP contribution in [0.25, 0.3) is 10.9 Å². The Hall–Kier alpha value is -1.85. The predicted molar refractivity (Wildman–Crippen MR) is 87.0 cm³/mol. The molecule has 0 bridgehead atoms. The number of fused-ring (bicyclic) bond motifs is 1. The summed E-state index contributed by atoms with van der Waals surface area (Å²) >= 11 is 0. The van der Waals surface area contributed by atoms with E-state index in [9.17, 15) is 15.0 Å². The Labute approximate surface area is 130 Å². The van der Waals surface area contributed by atoms with E-state index in [1.165, 1.54) is 10.5 Å². The molecule has 0 unspecified atom stereocenters. The summed E-state index contributed by atoms with van der Waals surface area (Å²) in [4.78, 5) is 17.2. The topological polar surface area (TPSA) is 76.6 Å². The number of hydrogen-bond acceptors (Lipinski definition) is 3. The fourth-order valence-corrected chi connectivity index (χ4v) is 2.57. The molecule has 0 aliphatic heterocycles. The van der Waals surface area contributed by atoms with E-state index in [1.807, 2.05) is 32.0 Å². The number of H-pyrrole nitrogens is 1. The largest absolute Gasteiger partial charge is 0.396 e. The molecule has 120 valence electrons. The molecule has 0 radical (unpaired) electrons. The lowest BCUT2D eigenvalue weighted by Gasteiger charge is -2.30. The maximum atomic E-state index is 12.6. The van der Waals surface area contributed by atoms with Crippen molar-refractivity contribution in [2.75, 3.05) is 26.8 Å². The second-order valence-corrected chi connectivity index (χ2v) is 6.44. The maximum Gasteiger partial charge on any atom is 0.270 e. The van der Waals surface area contributed by atoms with Crippen LogP contribution in [0.4, 0.5) is 0 Å². The molecule has 1 heterocycles. The van der Waals surface area contributed by atoms with E-state index < -0.39 is 5.41 Å². The summed E-state index contributed by atoms with van der Waals surface area (Å²) in [5, 5.41) is 19.8. The van der Waals surface area contributed by atoms with Gasteiger partial charge in [0.25, 0.3) is 5.91 Å². The number of aryl methyl sites for hydroxylation is 2. The Bertz CT molecular complexity index is 687. The molecule has 5 heteroatoms. The van der Waals surface area contributed by atoms with Crippen molar-refractivity contribution in [2.45, 2.75) is 20.8 Å². The van der Waals surface area contributed by atoms with Crippen molar-refractivity contribution in [2.24, 2.45) is 5.41 Å². The van der Waals surface area contributed by atoms with Gasteiger partial charge in [-0.15, -0.1) is 0 Å². The standard InChI is InChI=1S/C17H24N2O3/c1-11-5-6-14-13(12(11)2)7-15(18-14)16(22)19(4)8-17(3,9-20)10-21/h5-7,18,20-21H,8-10H2,1-4H3. The molecular formula is C17H24N2O3. The first-order valence-corrected chi connectivity index (χ1v) is 7.37. The van der Waals surface area contributed by atoms with E-state index in [4.69, 9.17) is 0 Å². The van der Waals surface area contributed by atoms with Crippen LogP contribution in [0.2, 0.25) is 0 Å². The third-order valence-electron chi connectivity index (χ3n) is 4.30. The maximum absolute atomic E-state index is 12.6. The summed E-state index contributed by atoms with van der Waals surface area (Å²) in [6.07, 6.45) is 0. The molecule has 0 aliphatic rings. The van der Waals surface area contributed by atoms with Crippen LogP contribution in [0.15, 0.2) is 18.2 Å². The second kappa shape index (κ2) is 6.10. The van der Waals surface area contributed by atoms with E-state index in [1.54, 1.807) is 14.0 Å². The first-order chi connectivity index (χ1) is 10.3. The van der Waals surface area contributed by atoms with Gasteiger partial charge in [0.15, 0.2) is 0 Å². The number of nitrogens with one attached hydrogen (secondary N) is 1. The van der Waals surface area contributed by atoms with Gasteiger partial charge in [0.2, 0.25) is 0 Å². The third kappa shape index (κ3) is 3.00. The summed E-state index contributed by atoms with van der Waals surface area (Å²) in [6.45, 7) is 5.77. The second-order valence-electron chi connectivity index (χ2n) is 6.44. The predicted octanol–water partition coefficient (Wildman–Crippen LogP) is 1.85. The summed E-state index contributed by atoms with van der Waals surface area (Å²) in [5.41, 5.74) is 3.09. The van der Waals surface area contributed by atoms with Crippen LogP contribution in [0.1, 0.15) is 28.5 Å². The molecule has 1 amide bonds. The lowest BCUT2D eigenvalue weighted by molar-refractivity contribution is 0.0364. The van der Waals surface area contributed by atoms with Crippen molar-refractivity contribution in [3.63, 3.8) is 0 Å². The Morgan fingerprint density at radius 3 is 2.50 bits per heavy atom. The van der Waals surface area contributed by atoms with Gasteiger partial charge in [-0.2, -0.15) is 0 Å². The number of carbonyl (C=O) groups excluding carboxylic acids is 1. The Kier molecular flexibility index (Phi) is 4.58. The summed E-state index contributed by atoms with van der Waals surface area (Å²) in [5.74, 6) is -0.152. The van der Waals surface area contributed by atoms with Gasteiger partial charge in [-0.05, 0) is 37.1 Å². The fourth-order valence-electron chi connectivity index (χ4n) is 2.57. The lowest BCUT2D eigenvalue weighted by Crippen LogP contribution is -2.41. The van der Waals surface area contributed by atoms with E-state index in [0.717, 1.165) is 16.5 Å². The van der Waals surface area contributed by atoms with Gasteiger partial charge in [-0.1, -0.05) is 13.0 Å². The third-order valence-corrected chi connectivity index (χ3v) is 4.30. The number of aromatic amines is 1. The number of benzene rings is 1. The van der Waals surface area contributed by atoms with Crippen LogP contribution in [0.3, 0.4) is 0 Å². The molecule has 0 spiro atoms. The molecule has 1 aromatic heterocycles. The minimum atomic E-state index is -0.705. The SMILES string of the molecule is Cc1ccc2[nH]c(C(=O)N(C)CC(C)(CO)CO)cc2c1C. The van der Waals surface area contributed by atoms with Crippen molar-refractivity contribution >= 4 is 16.8 Å². The highest BCUT2D eigenvalue weighted by Gasteiger charge is 2.27. The first kappa shape index (κ1) is 16.5. The molecular weight excluding hydrogens is 280 g/mol. The molecule has 0 fully saturated rings. The van der Waals surface area contributed by atoms with E-state index in [2.05, 4.69) is 4.98 Å². The Morgan fingerprint density at radius 2 is 1.91 bits per heavy atom. The number of aliphatic hydroxyl groups is 2. The van der Waals surface area contributed by atoms with Gasteiger partial charge >= 0.3 is 0 Å². The highest BCUT2D eigenvalue weighted by Crippen LogP contribution is 2.23. The lowest BCUT2D eigenvalue weighted by atomic mass is 9.92. The van der Waals surface area contributed by atoms with Crippen LogP contribution in [-0.2, 0) is 0 Å². The molecule has 3 N–H and O–H groups in total. The number of nitrogens with zero attached hydrogens (tertiary/aromatic N) is 1. The molecule has 5 nitrogen and oxygen atoms in total. The van der Waals surface area contributed by atoms with Crippen molar-refractivity contribution in [1.29, 1.82) is 0 Å². The number of hydrogen-bond donors (Lipinski definition) is 3. The minimum absolute atomic E-state index is 0.152. The van der Waals surface area contributed by atoms with E-state index >= 15 is 0 Å². The van der Waals surface area contributed by atoms with Gasteiger partial charge < -0.3 is 20.1 Å². The highest BCUT2D eigenvalue weighted by molar-refractivity contribution is 5.99. The van der Waals surface area contributed by atoms with Gasteiger partial charge in [0, 0.05) is 29.9 Å². The van der Waals surface area contributed by atoms with Crippen LogP contribution in [0, 0.1) is 19.3 Å². The molecule has 2 rings (SSSR count). The minimum Gasteiger partial charge on any atom is -0.396 e. The van der Waals surface area contributed by atoms with E-state index in [-0.39, 0.29) is 25.7 Å². The summed E-state index contributed by atoms with van der Waals surface area (Å²) in [7, 11) is 1.68. The summed E-state index contributed by atoms with van der Waals surface area (Å²) in [6, 6.07) is 5.87. The van der Waals surface area contributed by atoms with Crippen LogP contribution in [-0.4, -0.2) is 52.8 Å². The average Bonchev–Trinajstić information content (AvgIpc) is 2.94. The monoisotopic (exact) mass is 304 g/mol. The number of carbonyl (C=O) groups is 1. The highest BCUT2D eigenvalue weighted by atomic mass is 16.3. The average molecular weight is 304 g/mol. The number of amides is 1. The Morgan fingerprint density at radius 1 is 1.27 bits per heavy atom. The van der Waals surface area contributed by atoms with Crippen LogP contribution < -0.4 is 0 Å². The van der Waals surface area contributed by atoms with Crippen molar-refractivity contribution < 1.29 is 15.0 Å². The zero-order valence-corrected chi connectivity index (χ0v) is 13.6. The van der Waals surface area contributed by atoms with Crippen molar-refractivity contribution in [1.82, 2.24) is 9.88 Å². The first-order valence-electron chi connectivity index (χ1n) is 7.37. The van der Waals surface area contributed by atoms with Crippen LogP contribution >= 0.6 is 0 Å². The molecule has 1 aromatic carbocycles. The van der Waals surface area contributed by atoms with Gasteiger partial charge in [-0.3, -0.25) is 4.79 Å². The summed E-state index contributed by atoms with van der Waals surface area (Å²) < 4.78 is 0. The fraction of sp³-hybridized carbons (Fsp3) is 0.471. The van der Waals surface area contributed by atoms with Gasteiger partial charge in [0.1, 0.15) is 5.69 Å². The van der Waals surface area contributed by atoms with Crippen LogP contribution in [0.5, 0.6) is 0 Å². The Balaban J connectivity index is 2.28. The van der Waals surface area contributed by atoms with Crippen molar-refractivity contribution in [3.8, 4) is 0 Å². The molecule has 22 heavy (non-hydrogen) atoms. The molecule has 0 saturated carbocycles.